The van der Waals surface area contributed by atoms with Crippen molar-refractivity contribution in [2.24, 2.45) is 0 Å². The molecule has 1 aromatic heterocycles. The summed E-state index contributed by atoms with van der Waals surface area (Å²) in [7, 11) is 0. The lowest BCUT2D eigenvalue weighted by Crippen LogP contribution is -2.48. The Morgan fingerprint density at radius 3 is 2.93 bits per heavy atom. The minimum atomic E-state index is 0.00233. The van der Waals surface area contributed by atoms with Crippen LogP contribution < -0.4 is 10.2 Å². The summed E-state index contributed by atoms with van der Waals surface area (Å²) in [6, 6.07) is 3.45. The second-order valence-corrected chi connectivity index (χ2v) is 3.34. The zero-order valence-electron chi connectivity index (χ0n) is 8.14. The van der Waals surface area contributed by atoms with Crippen molar-refractivity contribution in [2.45, 2.75) is 0 Å². The summed E-state index contributed by atoms with van der Waals surface area (Å²) in [5.41, 5.74) is 0.542. The second kappa shape index (κ2) is 4.08. The number of nitrogens with zero attached hydrogens (tertiary/aromatic N) is 2. The molecule has 0 atom stereocenters. The molecule has 2 rings (SSSR count). The van der Waals surface area contributed by atoms with E-state index in [4.69, 9.17) is 0 Å². The number of nitrogens with one attached hydrogen (secondary N) is 1. The molecule has 0 radical (unpaired) electrons. The predicted molar refractivity (Wildman–Crippen MR) is 54.8 cm³/mol. The van der Waals surface area contributed by atoms with Gasteiger partial charge in [0.1, 0.15) is 5.82 Å². The highest BCUT2D eigenvalue weighted by Gasteiger charge is 2.16. The molecule has 0 saturated carbocycles. The van der Waals surface area contributed by atoms with Gasteiger partial charge in [0.05, 0.1) is 6.54 Å². The van der Waals surface area contributed by atoms with Gasteiger partial charge in [-0.05, 0) is 12.1 Å². The SMILES string of the molecule is O=Cc1ccc(N2CCNC(=O)C2)nc1. The van der Waals surface area contributed by atoms with E-state index in [0.29, 0.717) is 18.7 Å². The first-order chi connectivity index (χ1) is 7.29. The topological polar surface area (TPSA) is 62.3 Å². The highest BCUT2D eigenvalue weighted by Crippen LogP contribution is 2.11. The number of aldehydes is 1. The van der Waals surface area contributed by atoms with Crippen molar-refractivity contribution in [2.75, 3.05) is 24.5 Å². The van der Waals surface area contributed by atoms with E-state index < -0.39 is 0 Å². The fourth-order valence-corrected chi connectivity index (χ4v) is 1.49. The molecule has 1 amide bonds. The number of rotatable bonds is 2. The molecule has 1 saturated heterocycles. The van der Waals surface area contributed by atoms with Crippen LogP contribution in [0.3, 0.4) is 0 Å². The minimum absolute atomic E-state index is 0.00233. The van der Waals surface area contributed by atoms with Gasteiger partial charge in [-0.3, -0.25) is 9.59 Å². The number of pyridine rings is 1. The first kappa shape index (κ1) is 9.64. The predicted octanol–water partition coefficient (Wildman–Crippen LogP) is -0.170. The molecule has 5 heteroatoms. The Morgan fingerprint density at radius 1 is 1.47 bits per heavy atom. The van der Waals surface area contributed by atoms with Crippen LogP contribution in [-0.2, 0) is 4.79 Å². The van der Waals surface area contributed by atoms with Gasteiger partial charge in [0.15, 0.2) is 6.29 Å². The number of anilines is 1. The first-order valence-corrected chi connectivity index (χ1v) is 4.72. The number of aromatic nitrogens is 1. The van der Waals surface area contributed by atoms with Gasteiger partial charge in [-0.1, -0.05) is 0 Å². The molecule has 0 aromatic carbocycles. The van der Waals surface area contributed by atoms with Crippen LogP contribution in [0.25, 0.3) is 0 Å². The van der Waals surface area contributed by atoms with Gasteiger partial charge in [0.25, 0.3) is 0 Å². The Morgan fingerprint density at radius 2 is 2.33 bits per heavy atom. The van der Waals surface area contributed by atoms with E-state index >= 15 is 0 Å². The van der Waals surface area contributed by atoms with E-state index in [1.807, 2.05) is 4.90 Å². The molecule has 0 bridgehead atoms. The molecule has 15 heavy (non-hydrogen) atoms. The van der Waals surface area contributed by atoms with Crippen molar-refractivity contribution in [1.82, 2.24) is 10.3 Å². The van der Waals surface area contributed by atoms with Crippen molar-refractivity contribution >= 4 is 18.0 Å². The normalized spacial score (nSPS) is 16.0. The average molecular weight is 205 g/mol. The molecule has 5 nitrogen and oxygen atoms in total. The maximum absolute atomic E-state index is 11.1. The Balaban J connectivity index is 2.14. The van der Waals surface area contributed by atoms with E-state index in [0.717, 1.165) is 18.6 Å². The van der Waals surface area contributed by atoms with Crippen LogP contribution in [0.5, 0.6) is 0 Å². The summed E-state index contributed by atoms with van der Waals surface area (Å²) >= 11 is 0. The molecule has 0 spiro atoms. The van der Waals surface area contributed by atoms with Crippen LogP contribution in [0.2, 0.25) is 0 Å². The number of hydrogen-bond acceptors (Lipinski definition) is 4. The van der Waals surface area contributed by atoms with Gasteiger partial charge in [0, 0.05) is 24.8 Å². The molecule has 1 aromatic rings. The van der Waals surface area contributed by atoms with Gasteiger partial charge >= 0.3 is 0 Å². The summed E-state index contributed by atoms with van der Waals surface area (Å²) in [6.45, 7) is 1.71. The number of carbonyl (C=O) groups is 2. The fourth-order valence-electron chi connectivity index (χ4n) is 1.49. The fraction of sp³-hybridized carbons (Fsp3) is 0.300. The molecule has 2 heterocycles. The molecule has 1 aliphatic rings. The quantitative estimate of drug-likeness (QED) is 0.681. The van der Waals surface area contributed by atoms with Crippen molar-refractivity contribution < 1.29 is 9.59 Å². The van der Waals surface area contributed by atoms with Crippen molar-refractivity contribution in [3.8, 4) is 0 Å². The minimum Gasteiger partial charge on any atom is -0.353 e. The zero-order valence-corrected chi connectivity index (χ0v) is 8.14. The monoisotopic (exact) mass is 205 g/mol. The van der Waals surface area contributed by atoms with E-state index in [2.05, 4.69) is 10.3 Å². The highest BCUT2D eigenvalue weighted by molar-refractivity contribution is 5.82. The standard InChI is InChI=1S/C10H11N3O2/c14-7-8-1-2-9(12-5-8)13-4-3-11-10(15)6-13/h1-2,5,7H,3-4,6H2,(H,11,15). The smallest absolute Gasteiger partial charge is 0.239 e. The molecule has 1 fully saturated rings. The van der Waals surface area contributed by atoms with E-state index in [-0.39, 0.29) is 5.91 Å². The zero-order chi connectivity index (χ0) is 10.7. The Kier molecular flexibility index (Phi) is 2.62. The Labute approximate surface area is 87.1 Å². The molecule has 78 valence electrons. The van der Waals surface area contributed by atoms with Crippen LogP contribution in [0, 0.1) is 0 Å². The maximum atomic E-state index is 11.1. The van der Waals surface area contributed by atoms with E-state index in [9.17, 15) is 9.59 Å². The molecular formula is C10H11N3O2. The molecule has 0 aliphatic carbocycles. The summed E-state index contributed by atoms with van der Waals surface area (Å²) < 4.78 is 0. The summed E-state index contributed by atoms with van der Waals surface area (Å²) in [6.07, 6.45) is 2.26. The summed E-state index contributed by atoms with van der Waals surface area (Å²) in [5.74, 6) is 0.734. The van der Waals surface area contributed by atoms with Crippen LogP contribution in [0.4, 0.5) is 5.82 Å². The maximum Gasteiger partial charge on any atom is 0.239 e. The third-order valence-electron chi connectivity index (χ3n) is 2.27. The number of hydrogen-bond donors (Lipinski definition) is 1. The van der Waals surface area contributed by atoms with Crippen LogP contribution in [0.1, 0.15) is 10.4 Å². The van der Waals surface area contributed by atoms with Crippen LogP contribution >= 0.6 is 0 Å². The molecular weight excluding hydrogens is 194 g/mol. The third-order valence-corrected chi connectivity index (χ3v) is 2.27. The Hall–Kier alpha value is -1.91. The van der Waals surface area contributed by atoms with Crippen molar-refractivity contribution in [3.63, 3.8) is 0 Å². The lowest BCUT2D eigenvalue weighted by atomic mass is 10.3. The Bertz CT molecular complexity index is 375. The number of carbonyl (C=O) groups excluding carboxylic acids is 2. The third kappa shape index (κ3) is 2.12. The van der Waals surface area contributed by atoms with Crippen molar-refractivity contribution in [3.05, 3.63) is 23.9 Å². The second-order valence-electron chi connectivity index (χ2n) is 3.34. The van der Waals surface area contributed by atoms with Crippen LogP contribution in [0.15, 0.2) is 18.3 Å². The van der Waals surface area contributed by atoms with Gasteiger partial charge in [-0.2, -0.15) is 0 Å². The van der Waals surface area contributed by atoms with Crippen LogP contribution in [-0.4, -0.2) is 36.8 Å². The van der Waals surface area contributed by atoms with Crippen molar-refractivity contribution in [1.29, 1.82) is 0 Å². The summed E-state index contributed by atoms with van der Waals surface area (Å²) in [5, 5.41) is 2.74. The molecule has 0 unspecified atom stereocenters. The largest absolute Gasteiger partial charge is 0.353 e. The molecule has 1 aliphatic heterocycles. The molecule has 1 N–H and O–H groups in total. The average Bonchev–Trinajstić information content (AvgIpc) is 2.29. The van der Waals surface area contributed by atoms with Gasteiger partial charge in [0.2, 0.25) is 5.91 Å². The number of amides is 1. The lowest BCUT2D eigenvalue weighted by molar-refractivity contribution is -0.120. The van der Waals surface area contributed by atoms with E-state index in [1.54, 1.807) is 12.1 Å². The van der Waals surface area contributed by atoms with Gasteiger partial charge < -0.3 is 10.2 Å². The first-order valence-electron chi connectivity index (χ1n) is 4.72. The van der Waals surface area contributed by atoms with Gasteiger partial charge in [-0.15, -0.1) is 0 Å². The highest BCUT2D eigenvalue weighted by atomic mass is 16.2. The van der Waals surface area contributed by atoms with E-state index in [1.165, 1.54) is 6.20 Å². The number of piperazine rings is 1. The lowest BCUT2D eigenvalue weighted by Gasteiger charge is -2.27. The summed E-state index contributed by atoms with van der Waals surface area (Å²) in [4.78, 5) is 27.6. The van der Waals surface area contributed by atoms with Gasteiger partial charge in [-0.25, -0.2) is 4.98 Å².